The molecule has 1 aliphatic carbocycles. The number of rotatable bonds is 4. The highest BCUT2D eigenvalue weighted by Crippen LogP contribution is 2.18. The van der Waals surface area contributed by atoms with Crippen molar-refractivity contribution >= 4 is 5.97 Å². The van der Waals surface area contributed by atoms with Gasteiger partial charge in [-0.05, 0) is 25.3 Å². The van der Waals surface area contributed by atoms with Crippen molar-refractivity contribution in [3.05, 3.63) is 11.8 Å². The molecule has 3 nitrogen and oxygen atoms in total. The van der Waals surface area contributed by atoms with E-state index in [4.69, 9.17) is 9.47 Å². The molecule has 0 unspecified atom stereocenters. The average Bonchev–Trinajstić information content (AvgIpc) is 2.16. The number of hydrogen-bond acceptors (Lipinski definition) is 3. The van der Waals surface area contributed by atoms with Crippen LogP contribution in [-0.4, -0.2) is 19.7 Å². The first-order chi connectivity index (χ1) is 6.33. The number of hydrogen-bond donors (Lipinski definition) is 0. The van der Waals surface area contributed by atoms with Crippen molar-refractivity contribution in [1.82, 2.24) is 0 Å². The van der Waals surface area contributed by atoms with Crippen LogP contribution in [0.5, 0.6) is 0 Å². The smallest absolute Gasteiger partial charge is 0.313 e. The molecular formula is C10H16O3. The molecule has 74 valence electrons. The number of carbonyl (C=O) groups is 1. The molecule has 0 saturated carbocycles. The molecule has 13 heavy (non-hydrogen) atoms. The first-order valence-corrected chi connectivity index (χ1v) is 4.71. The summed E-state index contributed by atoms with van der Waals surface area (Å²) in [6.45, 7) is 0.437. The fourth-order valence-electron chi connectivity index (χ4n) is 1.28. The summed E-state index contributed by atoms with van der Waals surface area (Å²) in [7, 11) is 1.58. The van der Waals surface area contributed by atoms with Crippen molar-refractivity contribution in [3.8, 4) is 0 Å². The molecule has 0 saturated heterocycles. The monoisotopic (exact) mass is 184 g/mol. The Morgan fingerprint density at radius 3 is 3.00 bits per heavy atom. The molecule has 0 spiro atoms. The molecule has 0 bridgehead atoms. The predicted octanol–water partition coefficient (Wildman–Crippen LogP) is 2.02. The number of esters is 1. The minimum Gasteiger partial charge on any atom is -0.431 e. The maximum Gasteiger partial charge on any atom is 0.313 e. The van der Waals surface area contributed by atoms with E-state index < -0.39 is 0 Å². The summed E-state index contributed by atoms with van der Waals surface area (Å²) in [4.78, 5) is 11.1. The SMILES string of the molecule is COCCC(=O)OC1=CCCCC1. The Hall–Kier alpha value is -0.830. The van der Waals surface area contributed by atoms with E-state index in [0.29, 0.717) is 13.0 Å². The first-order valence-electron chi connectivity index (χ1n) is 4.71. The van der Waals surface area contributed by atoms with E-state index in [9.17, 15) is 4.79 Å². The van der Waals surface area contributed by atoms with Gasteiger partial charge in [-0.25, -0.2) is 0 Å². The Morgan fingerprint density at radius 1 is 1.54 bits per heavy atom. The van der Waals surface area contributed by atoms with Crippen LogP contribution >= 0.6 is 0 Å². The lowest BCUT2D eigenvalue weighted by Gasteiger charge is -2.12. The number of allylic oxidation sites excluding steroid dienone is 2. The lowest BCUT2D eigenvalue weighted by Crippen LogP contribution is -2.08. The average molecular weight is 184 g/mol. The molecule has 3 heteroatoms. The molecule has 0 N–H and O–H groups in total. The summed E-state index contributed by atoms with van der Waals surface area (Å²) in [5.74, 6) is 0.655. The lowest BCUT2D eigenvalue weighted by atomic mass is 10.1. The van der Waals surface area contributed by atoms with Gasteiger partial charge in [-0.1, -0.05) is 0 Å². The minimum atomic E-state index is -0.185. The molecule has 0 atom stereocenters. The molecule has 0 aromatic rings. The quantitative estimate of drug-likeness (QED) is 0.627. The van der Waals surface area contributed by atoms with Crippen LogP contribution in [0, 0.1) is 0 Å². The van der Waals surface area contributed by atoms with Gasteiger partial charge in [0.2, 0.25) is 0 Å². The molecule has 0 radical (unpaired) electrons. The molecule has 0 heterocycles. The zero-order valence-corrected chi connectivity index (χ0v) is 8.04. The normalized spacial score (nSPS) is 16.5. The summed E-state index contributed by atoms with van der Waals surface area (Å²) in [5.41, 5.74) is 0. The molecule has 0 amide bonds. The van der Waals surface area contributed by atoms with Gasteiger partial charge in [0.15, 0.2) is 0 Å². The van der Waals surface area contributed by atoms with E-state index in [1.807, 2.05) is 6.08 Å². The fraction of sp³-hybridized carbons (Fsp3) is 0.700. The van der Waals surface area contributed by atoms with Gasteiger partial charge >= 0.3 is 5.97 Å². The van der Waals surface area contributed by atoms with Crippen molar-refractivity contribution < 1.29 is 14.3 Å². The van der Waals surface area contributed by atoms with Crippen molar-refractivity contribution in [1.29, 1.82) is 0 Å². The summed E-state index contributed by atoms with van der Waals surface area (Å²) in [5, 5.41) is 0. The maximum atomic E-state index is 11.1. The number of ether oxygens (including phenoxy) is 2. The van der Waals surface area contributed by atoms with Gasteiger partial charge in [0.05, 0.1) is 13.0 Å². The molecule has 0 aromatic carbocycles. The third-order valence-electron chi connectivity index (χ3n) is 2.00. The molecule has 1 rings (SSSR count). The van der Waals surface area contributed by atoms with E-state index in [0.717, 1.165) is 25.0 Å². The highest BCUT2D eigenvalue weighted by Gasteiger charge is 2.09. The minimum absolute atomic E-state index is 0.185. The first kappa shape index (κ1) is 10.3. The van der Waals surface area contributed by atoms with Crippen LogP contribution in [0.3, 0.4) is 0 Å². The van der Waals surface area contributed by atoms with Crippen LogP contribution in [-0.2, 0) is 14.3 Å². The standard InChI is InChI=1S/C10H16O3/c1-12-8-7-10(11)13-9-5-3-2-4-6-9/h5H,2-4,6-8H2,1H3. The van der Waals surface area contributed by atoms with Crippen molar-refractivity contribution in [3.63, 3.8) is 0 Å². The van der Waals surface area contributed by atoms with Gasteiger partial charge in [-0.3, -0.25) is 4.79 Å². The third-order valence-corrected chi connectivity index (χ3v) is 2.00. The van der Waals surface area contributed by atoms with Gasteiger partial charge < -0.3 is 9.47 Å². The van der Waals surface area contributed by atoms with Gasteiger partial charge in [0, 0.05) is 13.5 Å². The Bertz CT molecular complexity index is 196. The molecule has 1 aliphatic rings. The topological polar surface area (TPSA) is 35.5 Å². The van der Waals surface area contributed by atoms with Crippen LogP contribution in [0.25, 0.3) is 0 Å². The lowest BCUT2D eigenvalue weighted by molar-refractivity contribution is -0.140. The zero-order chi connectivity index (χ0) is 9.52. The summed E-state index contributed by atoms with van der Waals surface area (Å²) in [6, 6.07) is 0. The molecule has 0 aliphatic heterocycles. The molecule has 0 fully saturated rings. The van der Waals surface area contributed by atoms with Crippen LogP contribution < -0.4 is 0 Å². The van der Waals surface area contributed by atoms with E-state index in [1.165, 1.54) is 6.42 Å². The summed E-state index contributed by atoms with van der Waals surface area (Å²) < 4.78 is 9.92. The zero-order valence-electron chi connectivity index (χ0n) is 8.04. The van der Waals surface area contributed by atoms with Gasteiger partial charge in [-0.2, -0.15) is 0 Å². The highest BCUT2D eigenvalue weighted by molar-refractivity contribution is 5.70. The number of methoxy groups -OCH3 is 1. The molecular weight excluding hydrogens is 168 g/mol. The second kappa shape index (κ2) is 5.75. The second-order valence-electron chi connectivity index (χ2n) is 3.13. The Labute approximate surface area is 78.7 Å². The van der Waals surface area contributed by atoms with Crippen LogP contribution in [0.2, 0.25) is 0 Å². The van der Waals surface area contributed by atoms with Crippen LogP contribution in [0.15, 0.2) is 11.8 Å². The summed E-state index contributed by atoms with van der Waals surface area (Å²) >= 11 is 0. The van der Waals surface area contributed by atoms with Crippen molar-refractivity contribution in [2.24, 2.45) is 0 Å². The Morgan fingerprint density at radius 2 is 2.38 bits per heavy atom. The van der Waals surface area contributed by atoms with E-state index in [1.54, 1.807) is 7.11 Å². The van der Waals surface area contributed by atoms with Crippen molar-refractivity contribution in [2.75, 3.05) is 13.7 Å². The van der Waals surface area contributed by atoms with Gasteiger partial charge in [0.1, 0.15) is 5.76 Å². The van der Waals surface area contributed by atoms with E-state index in [-0.39, 0.29) is 5.97 Å². The number of carbonyl (C=O) groups excluding carboxylic acids is 1. The van der Waals surface area contributed by atoms with Crippen molar-refractivity contribution in [2.45, 2.75) is 32.1 Å². The largest absolute Gasteiger partial charge is 0.431 e. The van der Waals surface area contributed by atoms with E-state index >= 15 is 0 Å². The van der Waals surface area contributed by atoms with Gasteiger partial charge in [-0.15, -0.1) is 0 Å². The second-order valence-corrected chi connectivity index (χ2v) is 3.13. The summed E-state index contributed by atoms with van der Waals surface area (Å²) in [6.07, 6.45) is 6.62. The maximum absolute atomic E-state index is 11.1. The predicted molar refractivity (Wildman–Crippen MR) is 49.1 cm³/mol. The highest BCUT2D eigenvalue weighted by atomic mass is 16.5. The third kappa shape index (κ3) is 4.08. The van der Waals surface area contributed by atoms with Crippen LogP contribution in [0.1, 0.15) is 32.1 Å². The Kier molecular flexibility index (Phi) is 4.54. The Balaban J connectivity index is 2.22. The fourth-order valence-corrected chi connectivity index (χ4v) is 1.28. The van der Waals surface area contributed by atoms with Crippen LogP contribution in [0.4, 0.5) is 0 Å². The van der Waals surface area contributed by atoms with Gasteiger partial charge in [0.25, 0.3) is 0 Å². The molecule has 0 aromatic heterocycles. The van der Waals surface area contributed by atoms with E-state index in [2.05, 4.69) is 0 Å².